The van der Waals surface area contributed by atoms with E-state index in [1.54, 1.807) is 5.01 Å². The number of aliphatic hydroxyl groups excluding tert-OH is 1. The van der Waals surface area contributed by atoms with Crippen LogP contribution < -0.4 is 10.7 Å². The fraction of sp³-hybridized carbons (Fsp3) is 0.868. The first kappa shape index (κ1) is 40.2. The molecule has 0 radical (unpaired) electrons. The molecule has 0 aromatic rings. The predicted molar refractivity (Wildman–Crippen MR) is 186 cm³/mol. The van der Waals surface area contributed by atoms with Gasteiger partial charge in [-0.2, -0.15) is 0 Å². The van der Waals surface area contributed by atoms with Gasteiger partial charge in [-0.3, -0.25) is 19.8 Å². The third kappa shape index (κ3) is 13.2. The molecule has 3 fully saturated rings. The molecule has 3 N–H and O–H groups in total. The number of nitrogens with one attached hydrogen (secondary N) is 2. The van der Waals surface area contributed by atoms with Crippen LogP contribution in [-0.4, -0.2) is 83.4 Å². The maximum absolute atomic E-state index is 14.4. The van der Waals surface area contributed by atoms with Crippen LogP contribution in [0.15, 0.2) is 0 Å². The van der Waals surface area contributed by atoms with E-state index in [1.165, 1.54) is 6.42 Å². The number of unbranched alkanes of at least 4 members (excludes halogenated alkanes) is 1. The van der Waals surface area contributed by atoms with Crippen molar-refractivity contribution in [2.24, 2.45) is 29.6 Å². The van der Waals surface area contributed by atoms with E-state index in [4.69, 9.17) is 6.42 Å². The molecule has 0 aromatic heterocycles. The smallest absolute Gasteiger partial charge is 0.234 e. The van der Waals surface area contributed by atoms with Crippen LogP contribution in [-0.2, 0) is 14.4 Å². The van der Waals surface area contributed by atoms with Crippen molar-refractivity contribution in [2.75, 3.05) is 26.2 Å². The number of alkyl halides is 2. The summed E-state index contributed by atoms with van der Waals surface area (Å²) in [5.74, 6) is 1.38. The van der Waals surface area contributed by atoms with Crippen molar-refractivity contribution in [1.29, 1.82) is 0 Å². The van der Waals surface area contributed by atoms with Gasteiger partial charge in [0, 0.05) is 56.8 Å². The number of halogens is 2. The summed E-state index contributed by atoms with van der Waals surface area (Å²) in [4.78, 5) is 42.4. The van der Waals surface area contributed by atoms with E-state index in [0.29, 0.717) is 51.2 Å². The van der Waals surface area contributed by atoms with Crippen molar-refractivity contribution >= 4 is 17.7 Å². The lowest BCUT2D eigenvalue weighted by molar-refractivity contribution is -0.139. The molecule has 3 amide bonds. The molecule has 0 aliphatic heterocycles. The number of carbonyl (C=O) groups excluding carboxylic acids is 3. The molecule has 0 aromatic carbocycles. The fourth-order valence-electron chi connectivity index (χ4n) is 8.23. The monoisotopic (exact) mass is 678 g/mol. The number of terminal acetylenes is 1. The molecular weight excluding hydrogens is 614 g/mol. The Labute approximate surface area is 288 Å². The number of amides is 3. The van der Waals surface area contributed by atoms with Crippen LogP contribution in [0.3, 0.4) is 0 Å². The van der Waals surface area contributed by atoms with Crippen LogP contribution in [0.1, 0.15) is 130 Å². The number of rotatable bonds is 18. The Morgan fingerprint density at radius 3 is 2.10 bits per heavy atom. The van der Waals surface area contributed by atoms with E-state index in [9.17, 15) is 28.3 Å². The number of hydrogen-bond donors (Lipinski definition) is 3. The first-order chi connectivity index (χ1) is 23.1. The maximum atomic E-state index is 14.4. The van der Waals surface area contributed by atoms with Crippen LogP contribution >= 0.6 is 0 Å². The molecule has 7 atom stereocenters. The lowest BCUT2D eigenvalue weighted by Crippen LogP contribution is -2.55. The maximum Gasteiger partial charge on any atom is 0.234 e. The summed E-state index contributed by atoms with van der Waals surface area (Å²) in [6.07, 6.45) is 13.5. The Morgan fingerprint density at radius 2 is 1.50 bits per heavy atom. The third-order valence-corrected chi connectivity index (χ3v) is 10.7. The SMILES string of the molecule is C#CC1CC(C(=O)NC(CC2CC(F)CC(F)C2)C(O)CN(CCCC)NC(=O)CC2CCCCC2)CC(C(=O)N(CCC)CCC)C1. The normalized spacial score (nSPS) is 27.9. The van der Waals surface area contributed by atoms with Crippen LogP contribution in [0, 0.1) is 41.9 Å². The highest BCUT2D eigenvalue weighted by Crippen LogP contribution is 2.36. The van der Waals surface area contributed by atoms with Crippen LogP contribution in [0.5, 0.6) is 0 Å². The van der Waals surface area contributed by atoms with Gasteiger partial charge in [0.15, 0.2) is 0 Å². The lowest BCUT2D eigenvalue weighted by atomic mass is 9.74. The minimum atomic E-state index is -1.26. The van der Waals surface area contributed by atoms with E-state index < -0.39 is 30.4 Å². The summed E-state index contributed by atoms with van der Waals surface area (Å²) >= 11 is 0. The highest BCUT2D eigenvalue weighted by Gasteiger charge is 2.39. The Bertz CT molecular complexity index is 1020. The zero-order chi connectivity index (χ0) is 35.1. The first-order valence-electron chi connectivity index (χ1n) is 19.1. The average molecular weight is 679 g/mol. The second-order valence-corrected chi connectivity index (χ2v) is 15.0. The van der Waals surface area contributed by atoms with Crippen LogP contribution in [0.4, 0.5) is 8.78 Å². The van der Waals surface area contributed by atoms with Gasteiger partial charge >= 0.3 is 0 Å². The zero-order valence-electron chi connectivity index (χ0n) is 29.9. The molecular formula is C38H64F2N4O4. The molecule has 8 nitrogen and oxygen atoms in total. The minimum absolute atomic E-state index is 0.0359. The Balaban J connectivity index is 1.75. The summed E-state index contributed by atoms with van der Waals surface area (Å²) < 4.78 is 28.9. The van der Waals surface area contributed by atoms with Crippen molar-refractivity contribution in [3.63, 3.8) is 0 Å². The number of aliphatic hydroxyl groups is 1. The summed E-state index contributed by atoms with van der Waals surface area (Å²) in [5.41, 5.74) is 3.02. The zero-order valence-corrected chi connectivity index (χ0v) is 29.9. The van der Waals surface area contributed by atoms with E-state index in [0.717, 1.165) is 51.4 Å². The topological polar surface area (TPSA) is 102 Å². The lowest BCUT2D eigenvalue weighted by Gasteiger charge is -2.37. The summed E-state index contributed by atoms with van der Waals surface area (Å²) in [7, 11) is 0. The summed E-state index contributed by atoms with van der Waals surface area (Å²) in [5, 5.41) is 16.5. The largest absolute Gasteiger partial charge is 0.390 e. The van der Waals surface area contributed by atoms with Crippen molar-refractivity contribution < 1.29 is 28.3 Å². The minimum Gasteiger partial charge on any atom is -0.390 e. The van der Waals surface area contributed by atoms with Gasteiger partial charge < -0.3 is 15.3 Å². The van der Waals surface area contributed by atoms with Gasteiger partial charge in [0.2, 0.25) is 17.7 Å². The van der Waals surface area contributed by atoms with Crippen molar-refractivity contribution in [3.8, 4) is 12.3 Å². The van der Waals surface area contributed by atoms with Gasteiger partial charge in [0.1, 0.15) is 12.3 Å². The molecule has 0 spiro atoms. The Kier molecular flexibility index (Phi) is 17.6. The molecule has 0 heterocycles. The van der Waals surface area contributed by atoms with Gasteiger partial charge in [-0.25, -0.2) is 13.8 Å². The van der Waals surface area contributed by atoms with Gasteiger partial charge in [-0.05, 0) is 82.5 Å². The second-order valence-electron chi connectivity index (χ2n) is 15.0. The molecule has 0 bridgehead atoms. The van der Waals surface area contributed by atoms with Crippen LogP contribution in [0.25, 0.3) is 0 Å². The molecule has 274 valence electrons. The molecule has 10 heteroatoms. The van der Waals surface area contributed by atoms with Gasteiger partial charge in [-0.15, -0.1) is 12.3 Å². The molecule has 3 aliphatic carbocycles. The number of hydrogen-bond acceptors (Lipinski definition) is 5. The van der Waals surface area contributed by atoms with E-state index >= 15 is 0 Å². The number of nitrogens with zero attached hydrogens (tertiary/aromatic N) is 2. The molecule has 0 saturated heterocycles. The summed E-state index contributed by atoms with van der Waals surface area (Å²) in [6, 6.07) is -0.781. The van der Waals surface area contributed by atoms with Crippen LogP contribution in [0.2, 0.25) is 0 Å². The van der Waals surface area contributed by atoms with Gasteiger partial charge in [0.05, 0.1) is 12.1 Å². The predicted octanol–water partition coefficient (Wildman–Crippen LogP) is 6.12. The van der Waals surface area contributed by atoms with Crippen molar-refractivity contribution in [1.82, 2.24) is 20.7 Å². The van der Waals surface area contributed by atoms with Crippen molar-refractivity contribution in [3.05, 3.63) is 0 Å². The quantitative estimate of drug-likeness (QED) is 0.120. The fourth-order valence-corrected chi connectivity index (χ4v) is 8.23. The van der Waals surface area contributed by atoms with Gasteiger partial charge in [-0.1, -0.05) is 46.5 Å². The Hall–Kier alpha value is -2.25. The van der Waals surface area contributed by atoms with E-state index in [2.05, 4.69) is 23.6 Å². The van der Waals surface area contributed by atoms with Crippen molar-refractivity contribution in [2.45, 2.75) is 154 Å². The first-order valence-corrected chi connectivity index (χ1v) is 19.1. The molecule has 48 heavy (non-hydrogen) atoms. The number of hydrazine groups is 1. The molecule has 7 unspecified atom stereocenters. The molecule has 3 aliphatic rings. The van der Waals surface area contributed by atoms with E-state index in [-0.39, 0.29) is 67.7 Å². The standard InChI is InChI=1S/C38H64F2N4O4/c1-5-9-17-44(42-36(46)23-28-13-11-10-12-14-28)26-35(45)34(22-29-20-32(39)25-33(40)21-29)41-37(47)30-18-27(8-4)19-31(24-30)38(48)43(15-6-2)16-7-3/h4,27-35,45H,5-7,9-26H2,1-3H3,(H,41,47)(H,42,46). The highest BCUT2D eigenvalue weighted by molar-refractivity contribution is 5.83. The third-order valence-electron chi connectivity index (χ3n) is 10.7. The molecule has 3 saturated carbocycles. The van der Waals surface area contributed by atoms with E-state index in [1.807, 2.05) is 18.7 Å². The Morgan fingerprint density at radius 1 is 0.854 bits per heavy atom. The highest BCUT2D eigenvalue weighted by atomic mass is 19.1. The number of carbonyl (C=O) groups is 3. The summed E-state index contributed by atoms with van der Waals surface area (Å²) in [6.45, 7) is 8.07. The second kappa shape index (κ2) is 21.1. The molecule has 3 rings (SSSR count). The average Bonchev–Trinajstić information content (AvgIpc) is 3.06. The van der Waals surface area contributed by atoms with Gasteiger partial charge in [0.25, 0.3) is 0 Å².